The third-order valence-corrected chi connectivity index (χ3v) is 3.76. The summed E-state index contributed by atoms with van der Waals surface area (Å²) in [6, 6.07) is 6.19. The summed E-state index contributed by atoms with van der Waals surface area (Å²) < 4.78 is 5.72. The predicted octanol–water partition coefficient (Wildman–Crippen LogP) is 2.80. The predicted molar refractivity (Wildman–Crippen MR) is 78.2 cm³/mol. The van der Waals surface area contributed by atoms with E-state index < -0.39 is 0 Å². The zero-order valence-corrected chi connectivity index (χ0v) is 11.1. The summed E-state index contributed by atoms with van der Waals surface area (Å²) in [6.07, 6.45) is 6.20. The highest BCUT2D eigenvalue weighted by Gasteiger charge is 2.22. The van der Waals surface area contributed by atoms with E-state index in [4.69, 9.17) is 10.5 Å². The van der Waals surface area contributed by atoms with Crippen LogP contribution in [0.3, 0.4) is 0 Å². The second kappa shape index (κ2) is 5.05. The standard InChI is InChI=1S/C15H19N3O/c1-10(15-3-2-8-19-15)18-14-5-4-13(16)11-6-7-17-9-12(11)14/h4-7,9-10,15,18H,2-3,8,16H2,1H3. The van der Waals surface area contributed by atoms with Gasteiger partial charge in [-0.15, -0.1) is 0 Å². The van der Waals surface area contributed by atoms with Crippen molar-refractivity contribution in [2.24, 2.45) is 0 Å². The molecule has 0 aliphatic carbocycles. The molecule has 2 unspecified atom stereocenters. The average Bonchev–Trinajstić information content (AvgIpc) is 2.96. The Labute approximate surface area is 113 Å². The molecule has 1 aliphatic rings. The maximum atomic E-state index is 6.00. The number of nitrogens with two attached hydrogens (primary N) is 1. The van der Waals surface area contributed by atoms with Crippen LogP contribution in [-0.2, 0) is 4.74 Å². The molecule has 19 heavy (non-hydrogen) atoms. The van der Waals surface area contributed by atoms with Crippen LogP contribution in [0.5, 0.6) is 0 Å². The zero-order chi connectivity index (χ0) is 13.2. The van der Waals surface area contributed by atoms with Crippen LogP contribution in [0.2, 0.25) is 0 Å². The first kappa shape index (κ1) is 12.2. The molecule has 0 bridgehead atoms. The van der Waals surface area contributed by atoms with Gasteiger partial charge in [0.05, 0.1) is 6.10 Å². The maximum Gasteiger partial charge on any atom is 0.0774 e. The van der Waals surface area contributed by atoms with E-state index in [0.717, 1.165) is 41.6 Å². The number of ether oxygens (including phenoxy) is 1. The van der Waals surface area contributed by atoms with Crippen molar-refractivity contribution in [3.63, 3.8) is 0 Å². The van der Waals surface area contributed by atoms with Crippen molar-refractivity contribution in [1.29, 1.82) is 0 Å². The molecule has 2 heterocycles. The molecule has 4 heteroatoms. The molecule has 1 aromatic heterocycles. The number of nitrogens with one attached hydrogen (secondary N) is 1. The van der Waals surface area contributed by atoms with E-state index in [1.54, 1.807) is 6.20 Å². The molecule has 4 nitrogen and oxygen atoms in total. The van der Waals surface area contributed by atoms with Gasteiger partial charge >= 0.3 is 0 Å². The van der Waals surface area contributed by atoms with E-state index in [9.17, 15) is 0 Å². The van der Waals surface area contributed by atoms with Crippen molar-refractivity contribution in [2.75, 3.05) is 17.7 Å². The SMILES string of the molecule is CC(Nc1ccc(N)c2ccncc12)C1CCCO1. The number of fused-ring (bicyclic) bond motifs is 1. The Bertz CT molecular complexity index is 579. The number of anilines is 2. The minimum absolute atomic E-state index is 0.287. The van der Waals surface area contributed by atoms with Gasteiger partial charge in [0.25, 0.3) is 0 Å². The largest absolute Gasteiger partial charge is 0.398 e. The number of nitrogens with zero attached hydrogens (tertiary/aromatic N) is 1. The van der Waals surface area contributed by atoms with Crippen LogP contribution in [-0.4, -0.2) is 23.7 Å². The number of benzene rings is 1. The lowest BCUT2D eigenvalue weighted by Crippen LogP contribution is -2.30. The van der Waals surface area contributed by atoms with Crippen molar-refractivity contribution in [2.45, 2.75) is 31.9 Å². The molecule has 1 fully saturated rings. The minimum atomic E-state index is 0.287. The van der Waals surface area contributed by atoms with E-state index in [1.165, 1.54) is 0 Å². The van der Waals surface area contributed by atoms with Gasteiger partial charge in [0, 0.05) is 47.2 Å². The highest BCUT2D eigenvalue weighted by atomic mass is 16.5. The maximum absolute atomic E-state index is 6.00. The number of aromatic nitrogens is 1. The van der Waals surface area contributed by atoms with E-state index >= 15 is 0 Å². The summed E-state index contributed by atoms with van der Waals surface area (Å²) in [4.78, 5) is 4.19. The van der Waals surface area contributed by atoms with Gasteiger partial charge in [-0.2, -0.15) is 0 Å². The second-order valence-electron chi connectivity index (χ2n) is 5.11. The fourth-order valence-electron chi connectivity index (χ4n) is 2.67. The molecule has 0 spiro atoms. The molecule has 3 rings (SSSR count). The van der Waals surface area contributed by atoms with Crippen LogP contribution in [0.4, 0.5) is 11.4 Å². The van der Waals surface area contributed by atoms with E-state index in [0.29, 0.717) is 6.10 Å². The van der Waals surface area contributed by atoms with Crippen LogP contribution < -0.4 is 11.1 Å². The molecule has 1 saturated heterocycles. The second-order valence-corrected chi connectivity index (χ2v) is 5.11. The molecular formula is C15H19N3O. The Hall–Kier alpha value is -1.81. The van der Waals surface area contributed by atoms with Gasteiger partial charge in [0.15, 0.2) is 0 Å². The first-order valence-electron chi connectivity index (χ1n) is 6.76. The van der Waals surface area contributed by atoms with Crippen molar-refractivity contribution >= 4 is 22.1 Å². The number of hydrogen-bond acceptors (Lipinski definition) is 4. The summed E-state index contributed by atoms with van der Waals surface area (Å²) >= 11 is 0. The van der Waals surface area contributed by atoms with Crippen molar-refractivity contribution < 1.29 is 4.74 Å². The highest BCUT2D eigenvalue weighted by molar-refractivity contribution is 6.00. The lowest BCUT2D eigenvalue weighted by atomic mass is 10.1. The number of hydrogen-bond donors (Lipinski definition) is 2. The molecule has 2 aromatic rings. The lowest BCUT2D eigenvalue weighted by Gasteiger charge is -2.22. The summed E-state index contributed by atoms with van der Waals surface area (Å²) in [6.45, 7) is 3.04. The normalized spacial score (nSPS) is 20.6. The van der Waals surface area contributed by atoms with Crippen LogP contribution in [0.15, 0.2) is 30.6 Å². The van der Waals surface area contributed by atoms with Crippen LogP contribution in [0, 0.1) is 0 Å². The molecule has 0 saturated carbocycles. The third-order valence-electron chi connectivity index (χ3n) is 3.76. The van der Waals surface area contributed by atoms with Crippen LogP contribution in [0.25, 0.3) is 10.8 Å². The Kier molecular flexibility index (Phi) is 3.25. The van der Waals surface area contributed by atoms with Gasteiger partial charge < -0.3 is 15.8 Å². The van der Waals surface area contributed by atoms with E-state index in [2.05, 4.69) is 17.2 Å². The number of pyridine rings is 1. The molecule has 3 N–H and O–H groups in total. The summed E-state index contributed by atoms with van der Waals surface area (Å²) in [5.41, 5.74) is 7.85. The summed E-state index contributed by atoms with van der Waals surface area (Å²) in [7, 11) is 0. The number of nitrogen functional groups attached to an aromatic ring is 1. The summed E-state index contributed by atoms with van der Waals surface area (Å²) in [5.74, 6) is 0. The first-order valence-corrected chi connectivity index (χ1v) is 6.76. The number of rotatable bonds is 3. The fraction of sp³-hybridized carbons (Fsp3) is 0.400. The Morgan fingerprint density at radius 1 is 1.37 bits per heavy atom. The Balaban J connectivity index is 1.90. The monoisotopic (exact) mass is 257 g/mol. The molecule has 1 aliphatic heterocycles. The lowest BCUT2D eigenvalue weighted by molar-refractivity contribution is 0.0997. The topological polar surface area (TPSA) is 60.2 Å². The van der Waals surface area contributed by atoms with Crippen molar-refractivity contribution in [1.82, 2.24) is 4.98 Å². The first-order chi connectivity index (χ1) is 9.25. The Morgan fingerprint density at radius 3 is 3.05 bits per heavy atom. The third kappa shape index (κ3) is 2.36. The van der Waals surface area contributed by atoms with E-state index in [1.807, 2.05) is 24.4 Å². The van der Waals surface area contributed by atoms with Gasteiger partial charge in [-0.05, 0) is 38.0 Å². The molecular weight excluding hydrogens is 238 g/mol. The highest BCUT2D eigenvalue weighted by Crippen LogP contribution is 2.29. The van der Waals surface area contributed by atoms with Crippen molar-refractivity contribution in [3.05, 3.63) is 30.6 Å². The molecule has 0 radical (unpaired) electrons. The fourth-order valence-corrected chi connectivity index (χ4v) is 2.67. The molecule has 2 atom stereocenters. The van der Waals surface area contributed by atoms with Gasteiger partial charge in [0.1, 0.15) is 0 Å². The van der Waals surface area contributed by atoms with Crippen LogP contribution >= 0.6 is 0 Å². The molecule has 100 valence electrons. The van der Waals surface area contributed by atoms with Crippen LogP contribution in [0.1, 0.15) is 19.8 Å². The van der Waals surface area contributed by atoms with Crippen molar-refractivity contribution in [3.8, 4) is 0 Å². The zero-order valence-electron chi connectivity index (χ0n) is 11.1. The summed E-state index contributed by atoms with van der Waals surface area (Å²) in [5, 5.41) is 5.64. The minimum Gasteiger partial charge on any atom is -0.398 e. The van der Waals surface area contributed by atoms with Gasteiger partial charge in [0.2, 0.25) is 0 Å². The quantitative estimate of drug-likeness (QED) is 0.830. The molecule has 1 aromatic carbocycles. The van der Waals surface area contributed by atoms with Gasteiger partial charge in [-0.3, -0.25) is 4.98 Å². The van der Waals surface area contributed by atoms with Gasteiger partial charge in [-0.25, -0.2) is 0 Å². The Morgan fingerprint density at radius 2 is 2.26 bits per heavy atom. The van der Waals surface area contributed by atoms with Gasteiger partial charge in [-0.1, -0.05) is 0 Å². The smallest absolute Gasteiger partial charge is 0.0774 e. The average molecular weight is 257 g/mol. The molecule has 0 amide bonds. The van der Waals surface area contributed by atoms with E-state index in [-0.39, 0.29) is 6.04 Å².